The zero-order chi connectivity index (χ0) is 19.5. The highest BCUT2D eigenvalue weighted by atomic mass is 32.2. The van der Waals surface area contributed by atoms with Gasteiger partial charge in [0.1, 0.15) is 0 Å². The number of carbonyl (C=O) groups excluding carboxylic acids is 1. The standard InChI is InChI=1S/C19H26N2O5S/c22-17(13-19(18(23)24)8-5-9-19)20-14-15-6-4-7-16(12-15)27(25,26)21-10-2-1-3-11-21/h4,6-7,12H,1-3,5,8-11,13-14H2,(H,20,22)(H,23,24). The van der Waals surface area contributed by atoms with E-state index in [1.807, 2.05) is 0 Å². The van der Waals surface area contributed by atoms with Crippen molar-refractivity contribution in [2.75, 3.05) is 13.1 Å². The molecule has 2 aliphatic rings. The summed E-state index contributed by atoms with van der Waals surface area (Å²) >= 11 is 0. The van der Waals surface area contributed by atoms with Gasteiger partial charge in [0.05, 0.1) is 10.3 Å². The van der Waals surface area contributed by atoms with Crippen LogP contribution in [0.2, 0.25) is 0 Å². The van der Waals surface area contributed by atoms with E-state index >= 15 is 0 Å². The van der Waals surface area contributed by atoms with Crippen LogP contribution in [0.4, 0.5) is 0 Å². The molecule has 0 spiro atoms. The number of piperidine rings is 1. The molecule has 1 aromatic carbocycles. The average molecular weight is 394 g/mol. The van der Waals surface area contributed by atoms with E-state index in [1.165, 1.54) is 4.31 Å². The number of carboxylic acid groups (broad SMARTS) is 1. The Balaban J connectivity index is 1.62. The number of aliphatic carboxylic acids is 1. The van der Waals surface area contributed by atoms with Crippen LogP contribution >= 0.6 is 0 Å². The van der Waals surface area contributed by atoms with Crippen LogP contribution in [0, 0.1) is 5.41 Å². The summed E-state index contributed by atoms with van der Waals surface area (Å²) in [5.74, 6) is -1.24. The van der Waals surface area contributed by atoms with Crippen LogP contribution in [0.25, 0.3) is 0 Å². The first kappa shape index (κ1) is 19.8. The highest BCUT2D eigenvalue weighted by molar-refractivity contribution is 7.89. The van der Waals surface area contributed by atoms with Gasteiger partial charge in [-0.25, -0.2) is 8.42 Å². The Labute approximate surface area is 159 Å². The summed E-state index contributed by atoms with van der Waals surface area (Å²) in [5, 5.41) is 12.0. The average Bonchev–Trinajstić information content (AvgIpc) is 2.63. The van der Waals surface area contributed by atoms with Gasteiger partial charge < -0.3 is 10.4 Å². The SMILES string of the molecule is O=C(CC1(C(=O)O)CCC1)NCc1cccc(S(=O)(=O)N2CCCCC2)c1. The minimum Gasteiger partial charge on any atom is -0.481 e. The van der Waals surface area contributed by atoms with Crippen LogP contribution in [0.3, 0.4) is 0 Å². The van der Waals surface area contributed by atoms with Crippen LogP contribution in [0.5, 0.6) is 0 Å². The Morgan fingerprint density at radius 1 is 1.11 bits per heavy atom. The Bertz CT molecular complexity index is 811. The van der Waals surface area contributed by atoms with Crippen molar-refractivity contribution in [1.82, 2.24) is 9.62 Å². The molecule has 27 heavy (non-hydrogen) atoms. The largest absolute Gasteiger partial charge is 0.481 e. The zero-order valence-electron chi connectivity index (χ0n) is 15.3. The molecule has 1 aliphatic carbocycles. The Morgan fingerprint density at radius 2 is 1.81 bits per heavy atom. The van der Waals surface area contributed by atoms with Gasteiger partial charge in [-0.2, -0.15) is 4.31 Å². The molecule has 8 heteroatoms. The summed E-state index contributed by atoms with van der Waals surface area (Å²) in [6.07, 6.45) is 4.65. The monoisotopic (exact) mass is 394 g/mol. The Kier molecular flexibility index (Phi) is 5.86. The molecule has 2 N–H and O–H groups in total. The van der Waals surface area contributed by atoms with Crippen molar-refractivity contribution < 1.29 is 23.1 Å². The third-order valence-corrected chi connectivity index (χ3v) is 7.50. The maximum Gasteiger partial charge on any atom is 0.310 e. The summed E-state index contributed by atoms with van der Waals surface area (Å²) in [6.45, 7) is 1.26. The van der Waals surface area contributed by atoms with Crippen LogP contribution in [-0.4, -0.2) is 42.8 Å². The second-order valence-electron chi connectivity index (χ2n) is 7.50. The van der Waals surface area contributed by atoms with Crippen LogP contribution < -0.4 is 5.32 Å². The van der Waals surface area contributed by atoms with E-state index in [4.69, 9.17) is 0 Å². The number of carboxylic acids is 1. The number of nitrogens with zero attached hydrogens (tertiary/aromatic N) is 1. The van der Waals surface area contributed by atoms with E-state index < -0.39 is 21.4 Å². The number of sulfonamides is 1. The van der Waals surface area contributed by atoms with Crippen LogP contribution in [0.1, 0.15) is 50.5 Å². The van der Waals surface area contributed by atoms with Gasteiger partial charge in [-0.15, -0.1) is 0 Å². The van der Waals surface area contributed by atoms with Gasteiger partial charge in [-0.05, 0) is 43.4 Å². The molecule has 0 unspecified atom stereocenters. The maximum atomic E-state index is 12.8. The normalized spacial score (nSPS) is 19.9. The van der Waals surface area contributed by atoms with Crippen LogP contribution in [0.15, 0.2) is 29.2 Å². The molecule has 0 radical (unpaired) electrons. The second kappa shape index (κ2) is 7.98. The Hall–Kier alpha value is -1.93. The van der Waals surface area contributed by atoms with Gasteiger partial charge in [-0.3, -0.25) is 9.59 Å². The lowest BCUT2D eigenvalue weighted by molar-refractivity contribution is -0.157. The molecule has 7 nitrogen and oxygen atoms in total. The number of rotatable bonds is 7. The molecule has 1 amide bonds. The maximum absolute atomic E-state index is 12.8. The number of hydrogen-bond donors (Lipinski definition) is 2. The number of amides is 1. The van der Waals surface area contributed by atoms with E-state index in [-0.39, 0.29) is 23.8 Å². The van der Waals surface area contributed by atoms with Crippen molar-refractivity contribution in [3.8, 4) is 0 Å². The molecule has 0 atom stereocenters. The summed E-state index contributed by atoms with van der Waals surface area (Å²) in [4.78, 5) is 23.8. The molecule has 1 aromatic rings. The highest BCUT2D eigenvalue weighted by Gasteiger charge is 2.45. The molecule has 0 aromatic heterocycles. The summed E-state index contributed by atoms with van der Waals surface area (Å²) in [7, 11) is -3.52. The highest BCUT2D eigenvalue weighted by Crippen LogP contribution is 2.44. The van der Waals surface area contributed by atoms with Crippen molar-refractivity contribution in [3.05, 3.63) is 29.8 Å². The fraction of sp³-hybridized carbons (Fsp3) is 0.579. The van der Waals surface area contributed by atoms with Gasteiger partial charge >= 0.3 is 5.97 Å². The number of hydrogen-bond acceptors (Lipinski definition) is 4. The van der Waals surface area contributed by atoms with Crippen LogP contribution in [-0.2, 0) is 26.2 Å². The first-order chi connectivity index (χ1) is 12.8. The molecular formula is C19H26N2O5S. The minimum absolute atomic E-state index is 0.0336. The quantitative estimate of drug-likeness (QED) is 0.737. The molecule has 148 valence electrons. The van der Waals surface area contributed by atoms with E-state index in [2.05, 4.69) is 5.32 Å². The van der Waals surface area contributed by atoms with E-state index in [0.29, 0.717) is 31.5 Å². The lowest BCUT2D eigenvalue weighted by Crippen LogP contribution is -2.42. The molecule has 1 saturated carbocycles. The summed E-state index contributed by atoms with van der Waals surface area (Å²) in [5.41, 5.74) is -0.247. The predicted octanol–water partition coefficient (Wildman–Crippen LogP) is 2.12. The predicted molar refractivity (Wildman–Crippen MR) is 99.4 cm³/mol. The summed E-state index contributed by atoms with van der Waals surface area (Å²) in [6, 6.07) is 6.58. The first-order valence-corrected chi connectivity index (χ1v) is 10.9. The second-order valence-corrected chi connectivity index (χ2v) is 9.44. The number of nitrogens with one attached hydrogen (secondary N) is 1. The lowest BCUT2D eigenvalue weighted by Gasteiger charge is -2.36. The molecule has 1 saturated heterocycles. The van der Waals surface area contributed by atoms with E-state index in [0.717, 1.165) is 25.7 Å². The van der Waals surface area contributed by atoms with E-state index in [9.17, 15) is 23.1 Å². The van der Waals surface area contributed by atoms with Gasteiger partial charge in [0, 0.05) is 26.1 Å². The first-order valence-electron chi connectivity index (χ1n) is 9.43. The molecule has 1 aliphatic heterocycles. The third-order valence-electron chi connectivity index (χ3n) is 5.60. The minimum atomic E-state index is -3.52. The Morgan fingerprint density at radius 3 is 2.41 bits per heavy atom. The van der Waals surface area contributed by atoms with Gasteiger partial charge in [0.15, 0.2) is 0 Å². The zero-order valence-corrected chi connectivity index (χ0v) is 16.1. The van der Waals surface area contributed by atoms with Gasteiger partial charge in [0.2, 0.25) is 15.9 Å². The van der Waals surface area contributed by atoms with Gasteiger partial charge in [-0.1, -0.05) is 25.0 Å². The van der Waals surface area contributed by atoms with E-state index in [1.54, 1.807) is 24.3 Å². The topological polar surface area (TPSA) is 104 Å². The van der Waals surface area contributed by atoms with Crippen molar-refractivity contribution in [3.63, 3.8) is 0 Å². The van der Waals surface area contributed by atoms with Crippen molar-refractivity contribution in [2.24, 2.45) is 5.41 Å². The third kappa shape index (κ3) is 4.32. The van der Waals surface area contributed by atoms with Gasteiger partial charge in [0.25, 0.3) is 0 Å². The fourth-order valence-corrected chi connectivity index (χ4v) is 5.30. The fourth-order valence-electron chi connectivity index (χ4n) is 3.71. The molecular weight excluding hydrogens is 368 g/mol. The lowest BCUT2D eigenvalue weighted by atomic mass is 9.66. The number of carbonyl (C=O) groups is 2. The van der Waals surface area contributed by atoms with Crippen molar-refractivity contribution >= 4 is 21.9 Å². The summed E-state index contributed by atoms with van der Waals surface area (Å²) < 4.78 is 27.0. The molecule has 0 bridgehead atoms. The number of benzene rings is 1. The molecule has 3 rings (SSSR count). The molecule has 2 fully saturated rings. The van der Waals surface area contributed by atoms with Crippen molar-refractivity contribution in [2.45, 2.75) is 56.4 Å². The molecule has 1 heterocycles. The van der Waals surface area contributed by atoms with Crippen molar-refractivity contribution in [1.29, 1.82) is 0 Å². The smallest absolute Gasteiger partial charge is 0.310 e.